The zero-order chi connectivity index (χ0) is 12.1. The molecule has 1 amide bonds. The van der Waals surface area contributed by atoms with E-state index in [4.69, 9.17) is 9.84 Å². The minimum Gasteiger partial charge on any atom is -0.394 e. The summed E-state index contributed by atoms with van der Waals surface area (Å²) in [5.41, 5.74) is 0. The molecule has 0 saturated carbocycles. The van der Waals surface area contributed by atoms with Crippen LogP contribution in [-0.4, -0.2) is 59.8 Å². The number of thioether (sulfide) groups is 1. The van der Waals surface area contributed by atoms with E-state index in [2.05, 4.69) is 0 Å². The van der Waals surface area contributed by atoms with Crippen LogP contribution in [0.3, 0.4) is 0 Å². The fraction of sp³-hybridized carbons (Fsp3) is 0.917. The minimum atomic E-state index is -0.186. The van der Waals surface area contributed by atoms with Gasteiger partial charge in [0.25, 0.3) is 0 Å². The number of carbonyl (C=O) groups is 1. The van der Waals surface area contributed by atoms with E-state index in [1.54, 1.807) is 0 Å². The van der Waals surface area contributed by atoms with Gasteiger partial charge in [-0.25, -0.2) is 0 Å². The van der Waals surface area contributed by atoms with Crippen molar-refractivity contribution in [1.29, 1.82) is 0 Å². The highest BCUT2D eigenvalue weighted by Gasteiger charge is 2.26. The maximum atomic E-state index is 12.1. The van der Waals surface area contributed by atoms with E-state index in [1.807, 2.05) is 16.7 Å². The molecule has 0 spiro atoms. The van der Waals surface area contributed by atoms with Crippen LogP contribution >= 0.6 is 11.8 Å². The highest BCUT2D eigenvalue weighted by atomic mass is 32.2. The number of ether oxygens (including phenoxy) is 1. The van der Waals surface area contributed by atoms with Crippen LogP contribution in [-0.2, 0) is 9.53 Å². The maximum absolute atomic E-state index is 12.1. The predicted octanol–water partition coefficient (Wildman–Crippen LogP) is 0.739. The van der Waals surface area contributed by atoms with E-state index in [0.29, 0.717) is 32.0 Å². The highest BCUT2D eigenvalue weighted by molar-refractivity contribution is 7.99. The molecule has 0 aromatic heterocycles. The van der Waals surface area contributed by atoms with Crippen molar-refractivity contribution in [3.63, 3.8) is 0 Å². The molecule has 0 aliphatic carbocycles. The van der Waals surface area contributed by atoms with E-state index in [9.17, 15) is 4.79 Å². The van der Waals surface area contributed by atoms with Crippen LogP contribution in [0.1, 0.15) is 19.3 Å². The summed E-state index contributed by atoms with van der Waals surface area (Å²) in [6.07, 6.45) is 2.84. The second kappa shape index (κ2) is 6.61. The number of aliphatic hydroxyl groups excluding tert-OH is 1. The molecule has 17 heavy (non-hydrogen) atoms. The van der Waals surface area contributed by atoms with E-state index < -0.39 is 0 Å². The third-order valence-corrected chi connectivity index (χ3v) is 4.55. The van der Waals surface area contributed by atoms with Gasteiger partial charge in [0.1, 0.15) is 0 Å². The number of morpholine rings is 1. The lowest BCUT2D eigenvalue weighted by molar-refractivity contribution is -0.141. The first-order chi connectivity index (χ1) is 8.29. The molecule has 2 rings (SSSR count). The lowest BCUT2D eigenvalue weighted by atomic mass is 9.98. The zero-order valence-electron chi connectivity index (χ0n) is 10.1. The summed E-state index contributed by atoms with van der Waals surface area (Å²) in [5, 5.41) is 9.05. The first kappa shape index (κ1) is 13.2. The van der Waals surface area contributed by atoms with Gasteiger partial charge >= 0.3 is 0 Å². The molecule has 0 radical (unpaired) electrons. The fourth-order valence-electron chi connectivity index (χ4n) is 2.38. The van der Waals surface area contributed by atoms with Crippen molar-refractivity contribution in [1.82, 2.24) is 4.90 Å². The van der Waals surface area contributed by atoms with Crippen molar-refractivity contribution in [2.45, 2.75) is 25.4 Å². The van der Waals surface area contributed by atoms with Crippen molar-refractivity contribution in [3.05, 3.63) is 0 Å². The number of hydrogen-bond acceptors (Lipinski definition) is 4. The standard InChI is InChI=1S/C12H21NO3S/c14-9-11-8-13(3-4-16-11)12(15)7-10-1-5-17-6-2-10/h10-11,14H,1-9H2. The predicted molar refractivity (Wildman–Crippen MR) is 68.1 cm³/mol. The second-order valence-corrected chi connectivity index (χ2v) is 6.00. The summed E-state index contributed by atoms with van der Waals surface area (Å²) >= 11 is 1.99. The zero-order valence-corrected chi connectivity index (χ0v) is 11.0. The largest absolute Gasteiger partial charge is 0.394 e. The van der Waals surface area contributed by atoms with Gasteiger partial charge in [0.2, 0.25) is 5.91 Å². The van der Waals surface area contributed by atoms with Crippen LogP contribution in [0.4, 0.5) is 0 Å². The molecule has 1 N–H and O–H groups in total. The number of nitrogens with zero attached hydrogens (tertiary/aromatic N) is 1. The molecule has 0 aromatic rings. The van der Waals surface area contributed by atoms with Crippen LogP contribution in [0.2, 0.25) is 0 Å². The molecule has 0 aromatic carbocycles. The Morgan fingerprint density at radius 1 is 1.41 bits per heavy atom. The van der Waals surface area contributed by atoms with Crippen LogP contribution in [0.5, 0.6) is 0 Å². The SMILES string of the molecule is O=C(CC1CCSCC1)N1CCOC(CO)C1. The molecule has 2 aliphatic rings. The van der Waals surface area contributed by atoms with E-state index in [1.165, 1.54) is 24.3 Å². The first-order valence-electron chi connectivity index (χ1n) is 6.37. The summed E-state index contributed by atoms with van der Waals surface area (Å²) in [7, 11) is 0. The van der Waals surface area contributed by atoms with Crippen molar-refractivity contribution in [2.24, 2.45) is 5.92 Å². The third kappa shape index (κ3) is 3.86. The first-order valence-corrected chi connectivity index (χ1v) is 7.53. The lowest BCUT2D eigenvalue weighted by Gasteiger charge is -2.33. The summed E-state index contributed by atoms with van der Waals surface area (Å²) in [6.45, 7) is 1.79. The van der Waals surface area contributed by atoms with Gasteiger partial charge in [-0.3, -0.25) is 4.79 Å². The summed E-state index contributed by atoms with van der Waals surface area (Å²) in [6, 6.07) is 0. The molecule has 1 unspecified atom stereocenters. The molecular formula is C12H21NO3S. The quantitative estimate of drug-likeness (QED) is 0.812. The molecule has 0 bridgehead atoms. The normalized spacial score (nSPS) is 27.1. The molecule has 5 heteroatoms. The van der Waals surface area contributed by atoms with Crippen molar-refractivity contribution in [3.8, 4) is 0 Å². The number of rotatable bonds is 3. The van der Waals surface area contributed by atoms with Gasteiger partial charge in [0.15, 0.2) is 0 Å². The van der Waals surface area contributed by atoms with E-state index >= 15 is 0 Å². The summed E-state index contributed by atoms with van der Waals surface area (Å²) in [4.78, 5) is 14.0. The number of carbonyl (C=O) groups excluding carboxylic acids is 1. The Bertz CT molecular complexity index is 256. The van der Waals surface area contributed by atoms with Gasteiger partial charge in [0, 0.05) is 19.5 Å². The van der Waals surface area contributed by atoms with Gasteiger partial charge in [-0.15, -0.1) is 0 Å². The third-order valence-electron chi connectivity index (χ3n) is 3.50. The Morgan fingerprint density at radius 2 is 2.18 bits per heavy atom. The second-order valence-electron chi connectivity index (χ2n) is 4.77. The minimum absolute atomic E-state index is 0.00382. The van der Waals surface area contributed by atoms with Gasteiger partial charge in [-0.1, -0.05) is 0 Å². The van der Waals surface area contributed by atoms with Gasteiger partial charge in [-0.05, 0) is 30.3 Å². The lowest BCUT2D eigenvalue weighted by Crippen LogP contribution is -2.47. The number of aliphatic hydroxyl groups is 1. The monoisotopic (exact) mass is 259 g/mol. The van der Waals surface area contributed by atoms with Gasteiger partial charge < -0.3 is 14.7 Å². The fourth-order valence-corrected chi connectivity index (χ4v) is 3.59. The topological polar surface area (TPSA) is 49.8 Å². The number of amides is 1. The molecule has 2 fully saturated rings. The molecule has 1 atom stereocenters. The number of hydrogen-bond donors (Lipinski definition) is 1. The van der Waals surface area contributed by atoms with Crippen LogP contribution in [0, 0.1) is 5.92 Å². The van der Waals surface area contributed by atoms with Gasteiger partial charge in [-0.2, -0.15) is 11.8 Å². The Kier molecular flexibility index (Phi) is 5.13. The average molecular weight is 259 g/mol. The molecule has 2 heterocycles. The highest BCUT2D eigenvalue weighted by Crippen LogP contribution is 2.26. The van der Waals surface area contributed by atoms with Crippen LogP contribution < -0.4 is 0 Å². The molecule has 98 valence electrons. The average Bonchev–Trinajstić information content (AvgIpc) is 2.40. The Balaban J connectivity index is 1.78. The molecule has 4 nitrogen and oxygen atoms in total. The smallest absolute Gasteiger partial charge is 0.223 e. The van der Waals surface area contributed by atoms with Crippen LogP contribution in [0.25, 0.3) is 0 Å². The van der Waals surface area contributed by atoms with E-state index in [-0.39, 0.29) is 18.6 Å². The maximum Gasteiger partial charge on any atom is 0.223 e. The molecule has 2 aliphatic heterocycles. The van der Waals surface area contributed by atoms with Crippen molar-refractivity contribution >= 4 is 17.7 Å². The Morgan fingerprint density at radius 3 is 2.88 bits per heavy atom. The van der Waals surface area contributed by atoms with Crippen molar-refractivity contribution < 1.29 is 14.6 Å². The van der Waals surface area contributed by atoms with Gasteiger partial charge in [0.05, 0.1) is 19.3 Å². The van der Waals surface area contributed by atoms with Crippen molar-refractivity contribution in [2.75, 3.05) is 37.8 Å². The van der Waals surface area contributed by atoms with E-state index in [0.717, 1.165) is 0 Å². The molecular weight excluding hydrogens is 238 g/mol. The summed E-state index contributed by atoms with van der Waals surface area (Å²) in [5.74, 6) is 3.20. The Hall–Kier alpha value is -0.260. The summed E-state index contributed by atoms with van der Waals surface area (Å²) < 4.78 is 5.35. The Labute approximate surface area is 107 Å². The molecule has 2 saturated heterocycles. The van der Waals surface area contributed by atoms with Crippen LogP contribution in [0.15, 0.2) is 0 Å².